The zero-order valence-electron chi connectivity index (χ0n) is 8.81. The first kappa shape index (κ1) is 12.7. The van der Waals surface area contributed by atoms with Crippen molar-refractivity contribution in [1.82, 2.24) is 4.98 Å². The minimum absolute atomic E-state index is 0.608. The van der Waals surface area contributed by atoms with Crippen LogP contribution < -0.4 is 5.73 Å². The van der Waals surface area contributed by atoms with E-state index in [1.807, 2.05) is 12.1 Å². The van der Waals surface area contributed by atoms with Crippen LogP contribution >= 0.6 is 38.6 Å². The van der Waals surface area contributed by atoms with E-state index in [-0.39, 0.29) is 0 Å². The number of aryl methyl sites for hydroxylation is 1. The Morgan fingerprint density at radius 1 is 1.53 bits per heavy atom. The molecule has 2 aromatic heterocycles. The Kier molecular flexibility index (Phi) is 3.62. The van der Waals surface area contributed by atoms with Crippen LogP contribution in [-0.2, 0) is 4.79 Å². The monoisotopic (exact) mass is 332 g/mol. The Bertz CT molecular complexity index is 564. The number of carbonyl (C=O) groups is 1. The highest BCUT2D eigenvalue weighted by atomic mass is 79.9. The van der Waals surface area contributed by atoms with Crippen LogP contribution in [0.25, 0.3) is 9.88 Å². The molecule has 2 aromatic rings. The van der Waals surface area contributed by atoms with Gasteiger partial charge >= 0.3 is 5.97 Å². The Morgan fingerprint density at radius 3 is 2.76 bits per heavy atom. The van der Waals surface area contributed by atoms with Crippen LogP contribution in [0.3, 0.4) is 0 Å². The van der Waals surface area contributed by atoms with E-state index in [9.17, 15) is 4.79 Å². The first-order chi connectivity index (χ1) is 7.99. The summed E-state index contributed by atoms with van der Waals surface area (Å²) in [6.07, 6.45) is 0. The molecule has 0 radical (unpaired) electrons. The minimum atomic E-state index is -1.03. The highest BCUT2D eigenvalue weighted by Gasteiger charge is 2.21. The lowest BCUT2D eigenvalue weighted by Gasteiger charge is -2.02. The van der Waals surface area contributed by atoms with Crippen LogP contribution in [0.4, 0.5) is 0 Å². The van der Waals surface area contributed by atoms with Gasteiger partial charge in [-0.05, 0) is 35.0 Å². The molecule has 3 N–H and O–H groups in total. The second kappa shape index (κ2) is 4.85. The smallest absolute Gasteiger partial charge is 0.326 e. The van der Waals surface area contributed by atoms with Gasteiger partial charge in [-0.25, -0.2) is 4.98 Å². The molecule has 0 aromatic carbocycles. The number of thiophene rings is 1. The number of halogens is 1. The fourth-order valence-corrected chi connectivity index (χ4v) is 3.84. The van der Waals surface area contributed by atoms with Gasteiger partial charge in [-0.3, -0.25) is 4.79 Å². The van der Waals surface area contributed by atoms with E-state index in [0.29, 0.717) is 10.6 Å². The molecule has 0 aliphatic carbocycles. The van der Waals surface area contributed by atoms with Crippen LogP contribution in [0, 0.1) is 6.92 Å². The van der Waals surface area contributed by atoms with Gasteiger partial charge in [-0.1, -0.05) is 0 Å². The normalized spacial score (nSPS) is 12.6. The summed E-state index contributed by atoms with van der Waals surface area (Å²) in [5.41, 5.74) is 6.28. The molecule has 17 heavy (non-hydrogen) atoms. The lowest BCUT2D eigenvalue weighted by Crippen LogP contribution is -2.20. The number of carboxylic acid groups (broad SMARTS) is 1. The van der Waals surface area contributed by atoms with Crippen LogP contribution in [0.2, 0.25) is 0 Å². The third kappa shape index (κ3) is 2.57. The van der Waals surface area contributed by atoms with Crippen molar-refractivity contribution < 1.29 is 9.90 Å². The fraction of sp³-hybridized carbons (Fsp3) is 0.200. The lowest BCUT2D eigenvalue weighted by molar-refractivity contribution is -0.138. The summed E-state index contributed by atoms with van der Waals surface area (Å²) in [4.78, 5) is 16.8. The van der Waals surface area contributed by atoms with Crippen molar-refractivity contribution in [3.05, 3.63) is 26.5 Å². The highest BCUT2D eigenvalue weighted by molar-refractivity contribution is 9.11. The van der Waals surface area contributed by atoms with Crippen molar-refractivity contribution in [3.63, 3.8) is 0 Å². The molecule has 0 amide bonds. The van der Waals surface area contributed by atoms with Gasteiger partial charge in [0, 0.05) is 0 Å². The second-order valence-corrected chi connectivity index (χ2v) is 6.88. The molecule has 4 nitrogen and oxygen atoms in total. The first-order valence-corrected chi connectivity index (χ1v) is 7.13. The standard InChI is InChI=1S/C10H9BrN2O2S2/c1-4-8(7(12)10(14)15)17-9(13-4)5-2-3-6(11)16-5/h2-3,7H,12H2,1H3,(H,14,15). The number of rotatable bonds is 3. The van der Waals surface area contributed by atoms with Gasteiger partial charge in [0.2, 0.25) is 0 Å². The fourth-order valence-electron chi connectivity index (χ4n) is 1.34. The zero-order chi connectivity index (χ0) is 12.6. The van der Waals surface area contributed by atoms with Gasteiger partial charge in [0.05, 0.1) is 19.2 Å². The van der Waals surface area contributed by atoms with Crippen molar-refractivity contribution in [1.29, 1.82) is 0 Å². The third-order valence-corrected chi connectivity index (χ3v) is 5.20. The number of nitrogens with two attached hydrogens (primary N) is 1. The van der Waals surface area contributed by atoms with E-state index in [0.717, 1.165) is 13.7 Å². The summed E-state index contributed by atoms with van der Waals surface area (Å²) in [5.74, 6) is -1.03. The maximum atomic E-state index is 10.9. The van der Waals surface area contributed by atoms with Gasteiger partial charge in [0.25, 0.3) is 0 Å². The number of hydrogen-bond acceptors (Lipinski definition) is 5. The van der Waals surface area contributed by atoms with Crippen LogP contribution in [0.5, 0.6) is 0 Å². The molecule has 0 bridgehead atoms. The van der Waals surface area contributed by atoms with Crippen LogP contribution in [-0.4, -0.2) is 16.1 Å². The van der Waals surface area contributed by atoms with Gasteiger partial charge in [0.15, 0.2) is 0 Å². The van der Waals surface area contributed by atoms with Gasteiger partial charge < -0.3 is 10.8 Å². The van der Waals surface area contributed by atoms with Gasteiger partial charge in [-0.15, -0.1) is 22.7 Å². The Labute approximate surface area is 114 Å². The number of aliphatic carboxylic acids is 1. The van der Waals surface area contributed by atoms with Crippen molar-refractivity contribution in [2.24, 2.45) is 5.73 Å². The summed E-state index contributed by atoms with van der Waals surface area (Å²) in [5, 5.41) is 9.70. The van der Waals surface area contributed by atoms with Crippen molar-refractivity contribution in [2.75, 3.05) is 0 Å². The lowest BCUT2D eigenvalue weighted by atomic mass is 10.2. The van der Waals surface area contributed by atoms with E-state index >= 15 is 0 Å². The quantitative estimate of drug-likeness (QED) is 0.905. The van der Waals surface area contributed by atoms with Gasteiger partial charge in [0.1, 0.15) is 11.0 Å². The summed E-state index contributed by atoms with van der Waals surface area (Å²) in [6, 6.07) is 2.89. The average Bonchev–Trinajstić information content (AvgIpc) is 2.83. The number of hydrogen-bond donors (Lipinski definition) is 2. The molecule has 1 atom stereocenters. The third-order valence-electron chi connectivity index (χ3n) is 2.16. The predicted molar refractivity (Wildman–Crippen MR) is 72.4 cm³/mol. The molecular formula is C10H9BrN2O2S2. The maximum Gasteiger partial charge on any atom is 0.326 e. The predicted octanol–water partition coefficient (Wildman–Crippen LogP) is 3.03. The molecule has 90 valence electrons. The number of nitrogens with zero attached hydrogens (tertiary/aromatic N) is 1. The molecule has 7 heteroatoms. The highest BCUT2D eigenvalue weighted by Crippen LogP contribution is 2.36. The summed E-state index contributed by atoms with van der Waals surface area (Å²) >= 11 is 6.28. The summed E-state index contributed by atoms with van der Waals surface area (Å²) < 4.78 is 1.02. The van der Waals surface area contributed by atoms with E-state index in [1.165, 1.54) is 11.3 Å². The van der Waals surface area contributed by atoms with E-state index in [4.69, 9.17) is 10.8 Å². The molecule has 0 spiro atoms. The first-order valence-electron chi connectivity index (χ1n) is 4.70. The number of carboxylic acids is 1. The topological polar surface area (TPSA) is 76.2 Å². The Morgan fingerprint density at radius 2 is 2.24 bits per heavy atom. The maximum absolute atomic E-state index is 10.9. The Hall–Kier alpha value is -0.760. The molecule has 0 saturated carbocycles. The van der Waals surface area contributed by atoms with Crippen molar-refractivity contribution in [3.8, 4) is 9.88 Å². The van der Waals surface area contributed by atoms with E-state index in [1.54, 1.807) is 18.3 Å². The Balaban J connectivity index is 2.40. The SMILES string of the molecule is Cc1nc(-c2ccc(Br)s2)sc1C(N)C(=O)O. The zero-order valence-corrected chi connectivity index (χ0v) is 12.0. The molecule has 0 fully saturated rings. The van der Waals surface area contributed by atoms with Crippen LogP contribution in [0.15, 0.2) is 15.9 Å². The second-order valence-electron chi connectivity index (χ2n) is 3.39. The van der Waals surface area contributed by atoms with Crippen LogP contribution in [0.1, 0.15) is 16.6 Å². The van der Waals surface area contributed by atoms with Crippen molar-refractivity contribution in [2.45, 2.75) is 13.0 Å². The molecule has 2 heterocycles. The molecule has 1 unspecified atom stereocenters. The van der Waals surface area contributed by atoms with E-state index in [2.05, 4.69) is 20.9 Å². The molecule has 0 aliphatic heterocycles. The molecule has 2 rings (SSSR count). The average molecular weight is 333 g/mol. The number of aromatic nitrogens is 1. The molecule has 0 saturated heterocycles. The summed E-state index contributed by atoms with van der Waals surface area (Å²) in [6.45, 7) is 1.78. The van der Waals surface area contributed by atoms with E-state index < -0.39 is 12.0 Å². The minimum Gasteiger partial charge on any atom is -0.480 e. The number of thiazole rings is 1. The molecule has 0 aliphatic rings. The van der Waals surface area contributed by atoms with Crippen molar-refractivity contribution >= 4 is 44.6 Å². The largest absolute Gasteiger partial charge is 0.480 e. The van der Waals surface area contributed by atoms with Gasteiger partial charge in [-0.2, -0.15) is 0 Å². The molecular weight excluding hydrogens is 324 g/mol. The summed E-state index contributed by atoms with van der Waals surface area (Å²) in [7, 11) is 0.